The molecule has 0 radical (unpaired) electrons. The van der Waals surface area contributed by atoms with Gasteiger partial charge in [-0.3, -0.25) is 4.79 Å². The second-order valence-corrected chi connectivity index (χ2v) is 14.7. The number of hydrogen-bond donors (Lipinski definition) is 1. The lowest BCUT2D eigenvalue weighted by molar-refractivity contribution is -0.145. The molecule has 0 aliphatic heterocycles. The quantitative estimate of drug-likeness (QED) is 0.324. The summed E-state index contributed by atoms with van der Waals surface area (Å²) in [5.74, 6) is 6.10. The van der Waals surface area contributed by atoms with Crippen molar-refractivity contribution >= 4 is 5.78 Å². The highest BCUT2D eigenvalue weighted by atomic mass is 16.5. The molecule has 5 unspecified atom stereocenters. The fourth-order valence-electron chi connectivity index (χ4n) is 10.3. The van der Waals surface area contributed by atoms with E-state index in [1.54, 1.807) is 0 Å². The van der Waals surface area contributed by atoms with Gasteiger partial charge in [-0.05, 0) is 122 Å². The van der Waals surface area contributed by atoms with E-state index < -0.39 is 0 Å². The summed E-state index contributed by atoms with van der Waals surface area (Å²) >= 11 is 0. The molecule has 0 aromatic heterocycles. The Bertz CT molecular complexity index is 981. The van der Waals surface area contributed by atoms with Crippen molar-refractivity contribution in [3.05, 3.63) is 29.8 Å². The van der Waals surface area contributed by atoms with Gasteiger partial charge in [-0.15, -0.1) is 0 Å². The third-order valence-electron chi connectivity index (χ3n) is 12.8. The van der Waals surface area contributed by atoms with Gasteiger partial charge in [0.05, 0.1) is 12.7 Å². The van der Waals surface area contributed by atoms with Crippen LogP contribution in [0.2, 0.25) is 0 Å². The molecule has 4 aliphatic rings. The van der Waals surface area contributed by atoms with Crippen LogP contribution in [0.25, 0.3) is 0 Å². The van der Waals surface area contributed by atoms with Crippen LogP contribution in [0.15, 0.2) is 24.3 Å². The predicted molar refractivity (Wildman–Crippen MR) is 160 cm³/mol. The number of carbonyl (C=O) groups is 1. The molecule has 1 N–H and O–H groups in total. The molecule has 0 bridgehead atoms. The summed E-state index contributed by atoms with van der Waals surface area (Å²) < 4.78 is 6.49. The molecule has 0 heterocycles. The van der Waals surface area contributed by atoms with Gasteiger partial charge in [0.1, 0.15) is 11.5 Å². The Morgan fingerprint density at radius 1 is 1.03 bits per heavy atom. The number of hydrogen-bond acceptors (Lipinski definition) is 3. The zero-order chi connectivity index (χ0) is 27.8. The Hall–Kier alpha value is -1.35. The molecule has 0 saturated heterocycles. The molecule has 5 rings (SSSR count). The van der Waals surface area contributed by atoms with Gasteiger partial charge >= 0.3 is 0 Å². The number of rotatable bonds is 10. The van der Waals surface area contributed by atoms with Crippen LogP contribution >= 0.6 is 0 Å². The maximum atomic E-state index is 12.3. The summed E-state index contributed by atoms with van der Waals surface area (Å²) in [5, 5.41) is 11.4. The van der Waals surface area contributed by atoms with Gasteiger partial charge in [0.25, 0.3) is 0 Å². The first-order chi connectivity index (χ1) is 18.7. The van der Waals surface area contributed by atoms with E-state index in [2.05, 4.69) is 58.9 Å². The molecule has 4 fully saturated rings. The van der Waals surface area contributed by atoms with Crippen LogP contribution in [0.3, 0.4) is 0 Å². The van der Waals surface area contributed by atoms with Crippen LogP contribution in [-0.4, -0.2) is 23.6 Å². The van der Waals surface area contributed by atoms with Gasteiger partial charge in [-0.1, -0.05) is 59.6 Å². The Balaban J connectivity index is 1.26. The number of Topliss-reactive ketones (excluding diaryl/α,β-unsaturated/α-hetero) is 1. The van der Waals surface area contributed by atoms with Crippen LogP contribution in [0.5, 0.6) is 5.75 Å². The van der Waals surface area contributed by atoms with Crippen LogP contribution in [0.4, 0.5) is 0 Å². The minimum Gasteiger partial charge on any atom is -0.494 e. The van der Waals surface area contributed by atoms with E-state index >= 15 is 0 Å². The fraction of sp³-hybridized carbons (Fsp3) is 0.806. The van der Waals surface area contributed by atoms with Crippen LogP contribution in [-0.2, 0) is 4.79 Å². The standard InChI is InChI=1S/C36H56O3/c1-6-25(7-2)21-31(24(3)4)26-9-8-10-29(22-26)39-20-19-36-18-16-32-30(33(36)13-14-34(36)38)12-11-27-23-28(37)15-17-35(27,32)5/h8-10,22,24-25,27,30-34,38H,6-7,11-21,23H2,1-5H3/t27?,30?,31?,32?,33?,34-,35-,36+/m0/s1. The van der Waals surface area contributed by atoms with E-state index in [9.17, 15) is 9.90 Å². The monoisotopic (exact) mass is 536 g/mol. The largest absolute Gasteiger partial charge is 0.494 e. The number of fused-ring (bicyclic) bond motifs is 5. The van der Waals surface area contributed by atoms with E-state index in [1.807, 2.05) is 0 Å². The molecule has 218 valence electrons. The van der Waals surface area contributed by atoms with E-state index in [1.165, 1.54) is 50.5 Å². The summed E-state index contributed by atoms with van der Waals surface area (Å²) in [5.41, 5.74) is 1.76. The zero-order valence-corrected chi connectivity index (χ0v) is 25.6. The van der Waals surface area contributed by atoms with Gasteiger partial charge in [-0.2, -0.15) is 0 Å². The number of aliphatic hydroxyl groups excluding tert-OH is 1. The first-order valence-corrected chi connectivity index (χ1v) is 16.6. The Kier molecular flexibility index (Phi) is 8.87. The number of carbonyl (C=O) groups excluding carboxylic acids is 1. The van der Waals surface area contributed by atoms with Crippen LogP contribution in [0.1, 0.15) is 130 Å². The molecule has 1 aromatic rings. The van der Waals surface area contributed by atoms with E-state index in [0.29, 0.717) is 47.4 Å². The molecular weight excluding hydrogens is 480 g/mol. The van der Waals surface area contributed by atoms with Crippen molar-refractivity contribution in [2.75, 3.05) is 6.61 Å². The lowest BCUT2D eigenvalue weighted by Crippen LogP contribution is -2.55. The van der Waals surface area contributed by atoms with E-state index in [4.69, 9.17) is 4.74 Å². The lowest BCUT2D eigenvalue weighted by Gasteiger charge is -2.60. The Morgan fingerprint density at radius 2 is 1.82 bits per heavy atom. The molecule has 3 nitrogen and oxygen atoms in total. The number of ketones is 1. The number of aliphatic hydroxyl groups is 1. The molecule has 0 amide bonds. The lowest BCUT2D eigenvalue weighted by atomic mass is 9.44. The minimum atomic E-state index is -0.192. The maximum absolute atomic E-state index is 12.3. The van der Waals surface area contributed by atoms with Crippen LogP contribution < -0.4 is 4.74 Å². The van der Waals surface area contributed by atoms with Crippen molar-refractivity contribution in [1.82, 2.24) is 0 Å². The first kappa shape index (κ1) is 29.2. The second-order valence-electron chi connectivity index (χ2n) is 14.7. The van der Waals surface area contributed by atoms with Gasteiger partial charge in [-0.25, -0.2) is 0 Å². The minimum absolute atomic E-state index is 0.0163. The highest BCUT2D eigenvalue weighted by Gasteiger charge is 2.61. The van der Waals surface area contributed by atoms with Crippen molar-refractivity contribution in [3.8, 4) is 5.75 Å². The first-order valence-electron chi connectivity index (χ1n) is 16.6. The summed E-state index contributed by atoms with van der Waals surface area (Å²) in [6.07, 6.45) is 14.2. The molecule has 4 saturated carbocycles. The van der Waals surface area contributed by atoms with Crippen molar-refractivity contribution < 1.29 is 14.6 Å². The number of ether oxygens (including phenoxy) is 1. The highest BCUT2D eigenvalue weighted by Crippen LogP contribution is 2.66. The van der Waals surface area contributed by atoms with Gasteiger partial charge < -0.3 is 9.84 Å². The average Bonchev–Trinajstić information content (AvgIpc) is 3.26. The molecule has 3 heteroatoms. The van der Waals surface area contributed by atoms with Crippen molar-refractivity contribution in [2.45, 2.75) is 130 Å². The van der Waals surface area contributed by atoms with E-state index in [0.717, 1.165) is 56.1 Å². The van der Waals surface area contributed by atoms with Gasteiger partial charge in [0, 0.05) is 18.3 Å². The normalized spacial score (nSPS) is 36.9. The fourth-order valence-corrected chi connectivity index (χ4v) is 10.3. The molecule has 1 aromatic carbocycles. The van der Waals surface area contributed by atoms with Crippen molar-refractivity contribution in [3.63, 3.8) is 0 Å². The van der Waals surface area contributed by atoms with Gasteiger partial charge in [0.15, 0.2) is 0 Å². The average molecular weight is 537 g/mol. The maximum Gasteiger partial charge on any atom is 0.133 e. The Labute approximate surface area is 238 Å². The smallest absolute Gasteiger partial charge is 0.133 e. The highest BCUT2D eigenvalue weighted by molar-refractivity contribution is 5.79. The summed E-state index contributed by atoms with van der Waals surface area (Å²) in [6, 6.07) is 8.91. The van der Waals surface area contributed by atoms with Crippen molar-refractivity contribution in [1.29, 1.82) is 0 Å². The molecule has 39 heavy (non-hydrogen) atoms. The molecule has 0 spiro atoms. The molecular formula is C36H56O3. The van der Waals surface area contributed by atoms with Crippen molar-refractivity contribution in [2.24, 2.45) is 46.3 Å². The third-order valence-corrected chi connectivity index (χ3v) is 12.8. The Morgan fingerprint density at radius 3 is 2.56 bits per heavy atom. The van der Waals surface area contributed by atoms with Gasteiger partial charge in [0.2, 0.25) is 0 Å². The second kappa shape index (κ2) is 11.9. The zero-order valence-electron chi connectivity index (χ0n) is 25.6. The molecule has 4 aliphatic carbocycles. The van der Waals surface area contributed by atoms with Crippen LogP contribution in [0, 0.1) is 46.3 Å². The molecule has 8 atom stereocenters. The number of benzene rings is 1. The van der Waals surface area contributed by atoms with E-state index in [-0.39, 0.29) is 11.5 Å². The summed E-state index contributed by atoms with van der Waals surface area (Å²) in [6.45, 7) is 12.6. The predicted octanol–water partition coefficient (Wildman–Crippen LogP) is 8.97. The third kappa shape index (κ3) is 5.47. The topological polar surface area (TPSA) is 46.5 Å². The SMILES string of the molecule is CCC(CC)CC(c1cccc(OCC[C@]23CCC4C(CCC5CC(=O)CC[C@@]54C)C2CC[C@@H]3O)c1)C(C)C. The summed E-state index contributed by atoms with van der Waals surface area (Å²) in [7, 11) is 0. The summed E-state index contributed by atoms with van der Waals surface area (Å²) in [4.78, 5) is 12.3.